The van der Waals surface area contributed by atoms with Gasteiger partial charge in [-0.2, -0.15) is 0 Å². The van der Waals surface area contributed by atoms with Gasteiger partial charge in [0.25, 0.3) is 0 Å². The molecule has 0 bridgehead atoms. The number of rotatable bonds is 9. The largest absolute Gasteiger partial charge is 0.394 e. The minimum Gasteiger partial charge on any atom is -0.394 e. The predicted molar refractivity (Wildman–Crippen MR) is 52.7 cm³/mol. The summed E-state index contributed by atoms with van der Waals surface area (Å²) in [4.78, 5) is 0. The normalized spacial score (nSPS) is 13.2. The van der Waals surface area contributed by atoms with Crippen molar-refractivity contribution in [1.29, 1.82) is 0 Å². The van der Waals surface area contributed by atoms with E-state index in [1.807, 2.05) is 0 Å². The first kappa shape index (κ1) is 12.9. The van der Waals surface area contributed by atoms with Crippen LogP contribution in [-0.4, -0.2) is 36.1 Å². The summed E-state index contributed by atoms with van der Waals surface area (Å²) < 4.78 is 5.16. The second-order valence-corrected chi connectivity index (χ2v) is 3.33. The summed E-state index contributed by atoms with van der Waals surface area (Å²) in [6.07, 6.45) is 5.35. The summed E-state index contributed by atoms with van der Waals surface area (Å²) in [5.74, 6) is 0. The molecule has 0 rings (SSSR count). The van der Waals surface area contributed by atoms with Crippen molar-refractivity contribution in [2.45, 2.75) is 45.1 Å². The smallest absolute Gasteiger partial charge is 0.100 e. The second kappa shape index (κ2) is 9.96. The summed E-state index contributed by atoms with van der Waals surface area (Å²) in [6.45, 7) is 2.93. The lowest BCUT2D eigenvalue weighted by Crippen LogP contribution is -2.19. The molecule has 0 aromatic carbocycles. The molecule has 0 aliphatic heterocycles. The molecule has 0 saturated heterocycles. The molecule has 0 amide bonds. The van der Waals surface area contributed by atoms with Gasteiger partial charge in [0.1, 0.15) is 6.10 Å². The van der Waals surface area contributed by atoms with E-state index in [1.54, 1.807) is 0 Å². The molecule has 0 fully saturated rings. The average molecular weight is 190 g/mol. The fraction of sp³-hybridized carbons (Fsp3) is 1.00. The molecule has 0 radical (unpaired) electrons. The molecule has 3 heteroatoms. The number of ether oxygens (including phenoxy) is 1. The highest BCUT2D eigenvalue weighted by Gasteiger charge is 2.00. The fourth-order valence-corrected chi connectivity index (χ4v) is 1.08. The minimum atomic E-state index is -0.712. The molecule has 0 aromatic rings. The molecule has 0 heterocycles. The number of aliphatic hydroxyl groups excluding tert-OH is 2. The van der Waals surface area contributed by atoms with Crippen LogP contribution in [0.1, 0.15) is 39.0 Å². The molecule has 0 aliphatic carbocycles. The van der Waals surface area contributed by atoms with Gasteiger partial charge in [0.2, 0.25) is 0 Å². The number of unbranched alkanes of at least 4 members (excludes halogenated alkanes) is 4. The first-order valence-electron chi connectivity index (χ1n) is 5.18. The zero-order valence-electron chi connectivity index (χ0n) is 8.54. The van der Waals surface area contributed by atoms with Gasteiger partial charge in [-0.25, -0.2) is 0 Å². The van der Waals surface area contributed by atoms with E-state index in [1.165, 1.54) is 25.7 Å². The van der Waals surface area contributed by atoms with E-state index in [0.29, 0.717) is 6.61 Å². The second-order valence-electron chi connectivity index (χ2n) is 3.33. The molecule has 0 saturated carbocycles. The molecule has 0 spiro atoms. The molecule has 80 valence electrons. The van der Waals surface area contributed by atoms with Gasteiger partial charge >= 0.3 is 0 Å². The Kier molecular flexibility index (Phi) is 9.87. The van der Waals surface area contributed by atoms with Gasteiger partial charge < -0.3 is 14.9 Å². The Balaban J connectivity index is 2.91. The maximum atomic E-state index is 8.92. The van der Waals surface area contributed by atoms with Gasteiger partial charge in [0, 0.05) is 6.61 Å². The van der Waals surface area contributed by atoms with E-state index in [2.05, 4.69) is 6.92 Å². The Labute approximate surface area is 80.7 Å². The van der Waals surface area contributed by atoms with Crippen LogP contribution in [0.4, 0.5) is 0 Å². The van der Waals surface area contributed by atoms with Crippen LogP contribution in [0.25, 0.3) is 0 Å². The molecule has 0 aromatic heterocycles. The zero-order valence-corrected chi connectivity index (χ0v) is 8.54. The third-order valence-electron chi connectivity index (χ3n) is 1.91. The first-order chi connectivity index (χ1) is 6.31. The van der Waals surface area contributed by atoms with Crippen LogP contribution in [0.5, 0.6) is 0 Å². The van der Waals surface area contributed by atoms with Crippen molar-refractivity contribution in [1.82, 2.24) is 0 Å². The SMILES string of the molecule is CCCCCCCOCC(O)CO. The van der Waals surface area contributed by atoms with E-state index in [0.717, 1.165) is 6.42 Å². The van der Waals surface area contributed by atoms with Crippen molar-refractivity contribution >= 4 is 0 Å². The van der Waals surface area contributed by atoms with Crippen LogP contribution < -0.4 is 0 Å². The minimum absolute atomic E-state index is 0.212. The number of hydrogen-bond acceptors (Lipinski definition) is 3. The molecule has 1 atom stereocenters. The summed E-state index contributed by atoms with van der Waals surface area (Å²) in [5, 5.41) is 17.4. The maximum Gasteiger partial charge on any atom is 0.100 e. The standard InChI is InChI=1S/C10H22O3/c1-2-3-4-5-6-7-13-9-10(12)8-11/h10-12H,2-9H2,1H3. The van der Waals surface area contributed by atoms with Gasteiger partial charge in [-0.1, -0.05) is 32.6 Å². The third-order valence-corrected chi connectivity index (χ3v) is 1.91. The van der Waals surface area contributed by atoms with Gasteiger partial charge in [-0.15, -0.1) is 0 Å². The van der Waals surface area contributed by atoms with Crippen LogP contribution >= 0.6 is 0 Å². The Morgan fingerprint density at radius 2 is 1.85 bits per heavy atom. The van der Waals surface area contributed by atoms with E-state index in [9.17, 15) is 0 Å². The lowest BCUT2D eigenvalue weighted by Gasteiger charge is -2.07. The molecular formula is C10H22O3. The van der Waals surface area contributed by atoms with E-state index in [-0.39, 0.29) is 13.2 Å². The van der Waals surface area contributed by atoms with Gasteiger partial charge in [0.05, 0.1) is 13.2 Å². The predicted octanol–water partition coefficient (Wildman–Crippen LogP) is 1.33. The number of aliphatic hydroxyl groups is 2. The van der Waals surface area contributed by atoms with E-state index >= 15 is 0 Å². The van der Waals surface area contributed by atoms with Crippen molar-refractivity contribution < 1.29 is 14.9 Å². The summed E-state index contributed by atoms with van der Waals surface area (Å²) in [7, 11) is 0. The highest BCUT2D eigenvalue weighted by Crippen LogP contribution is 2.02. The van der Waals surface area contributed by atoms with Crippen LogP contribution in [0.2, 0.25) is 0 Å². The monoisotopic (exact) mass is 190 g/mol. The van der Waals surface area contributed by atoms with Crippen LogP contribution in [0, 0.1) is 0 Å². The molecular weight excluding hydrogens is 168 g/mol. The lowest BCUT2D eigenvalue weighted by atomic mass is 10.2. The van der Waals surface area contributed by atoms with Crippen LogP contribution in [0.15, 0.2) is 0 Å². The van der Waals surface area contributed by atoms with Crippen molar-refractivity contribution in [3.8, 4) is 0 Å². The van der Waals surface area contributed by atoms with Crippen molar-refractivity contribution in [3.05, 3.63) is 0 Å². The maximum absolute atomic E-state index is 8.92. The topological polar surface area (TPSA) is 49.7 Å². The molecule has 2 N–H and O–H groups in total. The first-order valence-corrected chi connectivity index (χ1v) is 5.18. The molecule has 3 nitrogen and oxygen atoms in total. The highest BCUT2D eigenvalue weighted by molar-refractivity contribution is 4.49. The third kappa shape index (κ3) is 9.80. The molecule has 13 heavy (non-hydrogen) atoms. The molecule has 1 unspecified atom stereocenters. The molecule has 0 aliphatic rings. The van der Waals surface area contributed by atoms with Crippen molar-refractivity contribution in [3.63, 3.8) is 0 Å². The zero-order chi connectivity index (χ0) is 9.94. The van der Waals surface area contributed by atoms with E-state index < -0.39 is 6.10 Å². The van der Waals surface area contributed by atoms with Crippen molar-refractivity contribution in [2.75, 3.05) is 19.8 Å². The Hall–Kier alpha value is -0.120. The van der Waals surface area contributed by atoms with E-state index in [4.69, 9.17) is 14.9 Å². The Bertz CT molecular complexity index is 96.2. The summed E-state index contributed by atoms with van der Waals surface area (Å²) in [6, 6.07) is 0. The van der Waals surface area contributed by atoms with Crippen LogP contribution in [0.3, 0.4) is 0 Å². The number of hydrogen-bond donors (Lipinski definition) is 2. The van der Waals surface area contributed by atoms with Crippen molar-refractivity contribution in [2.24, 2.45) is 0 Å². The Morgan fingerprint density at radius 3 is 2.46 bits per heavy atom. The van der Waals surface area contributed by atoms with Gasteiger partial charge in [-0.05, 0) is 6.42 Å². The quantitative estimate of drug-likeness (QED) is 0.539. The van der Waals surface area contributed by atoms with Gasteiger partial charge in [-0.3, -0.25) is 0 Å². The van der Waals surface area contributed by atoms with Crippen LogP contribution in [-0.2, 0) is 4.74 Å². The average Bonchev–Trinajstić information content (AvgIpc) is 2.16. The lowest BCUT2D eigenvalue weighted by molar-refractivity contribution is 0.00526. The summed E-state index contributed by atoms with van der Waals surface area (Å²) in [5.41, 5.74) is 0. The summed E-state index contributed by atoms with van der Waals surface area (Å²) >= 11 is 0. The highest BCUT2D eigenvalue weighted by atomic mass is 16.5. The van der Waals surface area contributed by atoms with Gasteiger partial charge in [0.15, 0.2) is 0 Å². The Morgan fingerprint density at radius 1 is 1.15 bits per heavy atom. The fourth-order valence-electron chi connectivity index (χ4n) is 1.08.